The Hall–Kier alpha value is -3.46. The number of carboxylic acid groups (broad SMARTS) is 1. The molecule has 1 saturated heterocycles. The minimum Gasteiger partial charge on any atom is -0.507 e. The highest BCUT2D eigenvalue weighted by molar-refractivity contribution is 6.02. The zero-order valence-corrected chi connectivity index (χ0v) is 16.7. The van der Waals surface area contributed by atoms with Crippen LogP contribution in [-0.2, 0) is 0 Å². The highest BCUT2D eigenvalue weighted by atomic mass is 16.4. The third kappa shape index (κ3) is 3.26. The van der Waals surface area contributed by atoms with Crippen molar-refractivity contribution in [2.45, 2.75) is 25.8 Å². The van der Waals surface area contributed by atoms with Crippen LogP contribution >= 0.6 is 0 Å². The van der Waals surface area contributed by atoms with E-state index in [2.05, 4.69) is 27.2 Å². The van der Waals surface area contributed by atoms with Crippen molar-refractivity contribution in [2.75, 3.05) is 20.1 Å². The third-order valence-corrected chi connectivity index (χ3v) is 5.70. The van der Waals surface area contributed by atoms with E-state index in [0.29, 0.717) is 5.22 Å². The van der Waals surface area contributed by atoms with Gasteiger partial charge in [0.2, 0.25) is 10.9 Å². The number of benzene rings is 2. The second kappa shape index (κ2) is 7.42. The number of phenolic OH excluding ortho intramolecular Hbond substituents is 1. The molecule has 1 fully saturated rings. The third-order valence-electron chi connectivity index (χ3n) is 5.70. The van der Waals surface area contributed by atoms with Crippen molar-refractivity contribution in [1.29, 1.82) is 0 Å². The van der Waals surface area contributed by atoms with Crippen LogP contribution in [0, 0.1) is 6.92 Å². The number of piperidine rings is 1. The fourth-order valence-corrected chi connectivity index (χ4v) is 3.82. The zero-order chi connectivity index (χ0) is 21.6. The number of carboxylic acids is 1. The first kappa shape index (κ1) is 19.8. The molecule has 0 bridgehead atoms. The number of rotatable bonds is 3. The number of nitrogens with one attached hydrogen (secondary N) is 2. The molecule has 3 aromatic rings. The number of likely N-dealkylation sites (tertiary alicyclic amines) is 1. The molecule has 1 aliphatic rings. The maximum absolute atomic E-state index is 12.8. The van der Waals surface area contributed by atoms with Gasteiger partial charge >= 0.3 is 5.97 Å². The summed E-state index contributed by atoms with van der Waals surface area (Å²) in [5.41, 5.74) is -0.961. The lowest BCUT2D eigenvalue weighted by atomic mass is 10.1. The van der Waals surface area contributed by atoms with Crippen molar-refractivity contribution < 1.29 is 15.0 Å². The van der Waals surface area contributed by atoms with Gasteiger partial charge in [0.15, 0.2) is 0 Å². The number of hydrogen-bond acceptors (Lipinski definition) is 7. The number of aromatic hydroxyl groups is 1. The van der Waals surface area contributed by atoms with Crippen LogP contribution < -0.4 is 21.4 Å². The number of carbonyl (C=O) groups is 1. The number of hydrogen-bond donors (Lipinski definition) is 4. The summed E-state index contributed by atoms with van der Waals surface area (Å²) in [4.78, 5) is 46.0. The number of phenols is 1. The lowest BCUT2D eigenvalue weighted by Gasteiger charge is -2.29. The maximum atomic E-state index is 12.8. The maximum Gasteiger partial charge on any atom is 0.337 e. The molecule has 156 valence electrons. The molecule has 1 aromatic heterocycles. The van der Waals surface area contributed by atoms with Gasteiger partial charge in [-0.15, -0.1) is 0 Å². The molecule has 2 aromatic carbocycles. The van der Waals surface area contributed by atoms with Crippen molar-refractivity contribution in [2.24, 2.45) is 0 Å². The number of aromatic nitrogens is 2. The van der Waals surface area contributed by atoms with Crippen molar-refractivity contribution >= 4 is 34.2 Å². The molecule has 9 nitrogen and oxygen atoms in total. The molecule has 0 spiro atoms. The molecule has 0 aliphatic carbocycles. The van der Waals surface area contributed by atoms with Gasteiger partial charge in [-0.3, -0.25) is 9.59 Å². The Morgan fingerprint density at radius 2 is 1.93 bits per heavy atom. The Balaban J connectivity index is 1.98. The lowest BCUT2D eigenvalue weighted by Crippen LogP contribution is -2.39. The van der Waals surface area contributed by atoms with Gasteiger partial charge in [-0.2, -0.15) is 0 Å². The van der Waals surface area contributed by atoms with Crippen LogP contribution in [0.15, 0.2) is 21.7 Å². The Morgan fingerprint density at radius 3 is 2.60 bits per heavy atom. The highest BCUT2D eigenvalue weighted by Gasteiger charge is 2.19. The van der Waals surface area contributed by atoms with Gasteiger partial charge in [-0.05, 0) is 52.0 Å². The molecule has 1 aliphatic heterocycles. The summed E-state index contributed by atoms with van der Waals surface area (Å²) in [7, 11) is 2.06. The van der Waals surface area contributed by atoms with Gasteiger partial charge in [-0.25, -0.2) is 9.78 Å². The average molecular weight is 410 g/mol. The van der Waals surface area contributed by atoms with E-state index in [1.165, 1.54) is 13.0 Å². The van der Waals surface area contributed by atoms with Crippen molar-refractivity contribution in [3.8, 4) is 5.75 Å². The summed E-state index contributed by atoms with van der Waals surface area (Å²) in [6.45, 7) is 3.39. The topological polar surface area (TPSA) is 136 Å². The van der Waals surface area contributed by atoms with Crippen LogP contribution in [0.1, 0.15) is 28.8 Å². The highest BCUT2D eigenvalue weighted by Crippen LogP contribution is 2.17. The molecule has 0 unspecified atom stereocenters. The molecule has 9 heteroatoms. The summed E-state index contributed by atoms with van der Waals surface area (Å²) < 4.78 is 0. The van der Waals surface area contributed by atoms with Crippen LogP contribution in [0.3, 0.4) is 0 Å². The van der Waals surface area contributed by atoms with Gasteiger partial charge in [0, 0.05) is 17.8 Å². The average Bonchev–Trinajstić information content (AvgIpc) is 2.72. The summed E-state index contributed by atoms with van der Waals surface area (Å²) in [6.07, 6.45) is 3.48. The van der Waals surface area contributed by atoms with Crippen LogP contribution in [0.4, 0.5) is 0 Å². The second-order valence-electron chi connectivity index (χ2n) is 7.71. The standard InChI is InChI=1S/C21H22N4O5/c1-10-19(27)13(9-22-11-5-7-25(2)8-6-11)16-18(20(10)28)24-15-12(21(29)30)3-4-14(26)17(15)23-16/h3-4,9,11,22,24,27H,5-8H2,1-2H3,(H,29,30). The zero-order valence-electron chi connectivity index (χ0n) is 16.7. The molecular weight excluding hydrogens is 388 g/mol. The van der Waals surface area contributed by atoms with Gasteiger partial charge < -0.3 is 25.4 Å². The Morgan fingerprint density at radius 1 is 1.23 bits per heavy atom. The Labute approximate surface area is 170 Å². The van der Waals surface area contributed by atoms with E-state index in [0.717, 1.165) is 32.0 Å². The van der Waals surface area contributed by atoms with E-state index in [9.17, 15) is 24.6 Å². The quantitative estimate of drug-likeness (QED) is 0.453. The lowest BCUT2D eigenvalue weighted by molar-refractivity contribution is 0.0699. The molecule has 0 radical (unpaired) electrons. The van der Waals surface area contributed by atoms with Crippen LogP contribution in [0.2, 0.25) is 0 Å². The second-order valence-corrected chi connectivity index (χ2v) is 7.71. The monoisotopic (exact) mass is 410 g/mol. The predicted molar refractivity (Wildman–Crippen MR) is 113 cm³/mol. The molecule has 0 atom stereocenters. The first-order valence-corrected chi connectivity index (χ1v) is 9.68. The fourth-order valence-electron chi connectivity index (χ4n) is 3.82. The predicted octanol–water partition coefficient (Wildman–Crippen LogP) is 0.289. The first-order chi connectivity index (χ1) is 14.3. The number of H-pyrrole nitrogens is 1. The molecule has 0 saturated carbocycles. The number of nitrogens with zero attached hydrogens (tertiary/aromatic N) is 2. The summed E-state index contributed by atoms with van der Waals surface area (Å²) in [5.74, 6) is -1.45. The van der Waals surface area contributed by atoms with Crippen molar-refractivity contribution in [3.05, 3.63) is 48.9 Å². The Bertz CT molecular complexity index is 1340. The van der Waals surface area contributed by atoms with Crippen LogP contribution in [-0.4, -0.2) is 57.2 Å². The minimum absolute atomic E-state index is 0.0149. The molecule has 2 heterocycles. The number of fused-ring (bicyclic) bond motifs is 2. The fraction of sp³-hybridized carbons (Fsp3) is 0.333. The van der Waals surface area contributed by atoms with E-state index >= 15 is 0 Å². The molecular formula is C21H22N4O5. The smallest absolute Gasteiger partial charge is 0.337 e. The summed E-state index contributed by atoms with van der Waals surface area (Å²) in [5, 5.41) is 23.6. The van der Waals surface area contributed by atoms with Crippen molar-refractivity contribution in [3.63, 3.8) is 0 Å². The van der Waals surface area contributed by atoms with E-state index in [4.69, 9.17) is 0 Å². The molecule has 4 N–H and O–H groups in total. The minimum atomic E-state index is -1.24. The molecule has 30 heavy (non-hydrogen) atoms. The molecule has 0 amide bonds. The normalized spacial score (nSPS) is 16.4. The summed E-state index contributed by atoms with van der Waals surface area (Å²) >= 11 is 0. The van der Waals surface area contributed by atoms with E-state index in [1.54, 1.807) is 6.20 Å². The van der Waals surface area contributed by atoms with Crippen LogP contribution in [0.5, 0.6) is 5.75 Å². The van der Waals surface area contributed by atoms with Gasteiger partial charge in [0.25, 0.3) is 0 Å². The van der Waals surface area contributed by atoms with E-state index < -0.39 is 16.8 Å². The van der Waals surface area contributed by atoms with E-state index in [-0.39, 0.29) is 45.0 Å². The van der Waals surface area contributed by atoms with E-state index in [1.807, 2.05) is 0 Å². The van der Waals surface area contributed by atoms with Crippen molar-refractivity contribution in [1.82, 2.24) is 20.2 Å². The van der Waals surface area contributed by atoms with Gasteiger partial charge in [-0.1, -0.05) is 0 Å². The Kier molecular flexibility index (Phi) is 4.90. The first-order valence-electron chi connectivity index (χ1n) is 9.68. The largest absolute Gasteiger partial charge is 0.507 e. The number of aromatic amines is 1. The SMILES string of the molecule is Cc1c(O)c(=CNC2CCN(C)CC2)c2nc3c(=O)ccc(C(=O)O)c3[nH]c2c1=O. The van der Waals surface area contributed by atoms with Gasteiger partial charge in [0.05, 0.1) is 16.3 Å². The van der Waals surface area contributed by atoms with Gasteiger partial charge in [0.1, 0.15) is 22.3 Å². The van der Waals surface area contributed by atoms with Crippen LogP contribution in [0.25, 0.3) is 28.3 Å². The summed E-state index contributed by atoms with van der Waals surface area (Å²) in [6, 6.07) is 2.52. The molecule has 4 rings (SSSR count). The number of aromatic carboxylic acids is 1.